The zero-order valence-corrected chi connectivity index (χ0v) is 16.9. The molecule has 3 aromatic rings. The van der Waals surface area contributed by atoms with E-state index in [2.05, 4.69) is 15.4 Å². The van der Waals surface area contributed by atoms with Gasteiger partial charge in [-0.2, -0.15) is 4.72 Å². The van der Waals surface area contributed by atoms with Gasteiger partial charge in [0.05, 0.1) is 5.69 Å². The summed E-state index contributed by atoms with van der Waals surface area (Å²) in [6, 6.07) is 19.4. The van der Waals surface area contributed by atoms with Gasteiger partial charge in [-0.05, 0) is 66.9 Å². The van der Waals surface area contributed by atoms with Crippen LogP contribution in [-0.2, 0) is 10.0 Å². The molecule has 0 unspecified atom stereocenters. The van der Waals surface area contributed by atoms with Gasteiger partial charge in [0.2, 0.25) is 10.0 Å². The Morgan fingerprint density at radius 1 is 0.931 bits per heavy atom. The van der Waals surface area contributed by atoms with E-state index in [9.17, 15) is 13.2 Å². The quantitative estimate of drug-likeness (QED) is 0.613. The number of benzene rings is 3. The maximum absolute atomic E-state index is 12.5. The number of nitrogens with one attached hydrogen (secondary N) is 3. The molecular weight excluding hydrogens is 386 g/mol. The Labute approximate surface area is 170 Å². The molecule has 148 valence electrons. The number of para-hydroxylation sites is 1. The van der Waals surface area contributed by atoms with Crippen molar-refractivity contribution in [1.82, 2.24) is 4.72 Å². The molecule has 0 radical (unpaired) electrons. The molecular formula is C22H21N3O3S. The summed E-state index contributed by atoms with van der Waals surface area (Å²) in [5.41, 5.74) is 4.76. The van der Waals surface area contributed by atoms with E-state index in [4.69, 9.17) is 0 Å². The number of fused-ring (bicyclic) bond motifs is 1. The van der Waals surface area contributed by atoms with Crippen molar-refractivity contribution in [3.05, 3.63) is 89.0 Å². The maximum atomic E-state index is 12.5. The van der Waals surface area contributed by atoms with Crippen LogP contribution < -0.4 is 15.4 Å². The SMILES string of the molecule is Cc1ccc(NC(=O)c2ccc([C@@H]3Nc4ccccc4S(=O)(=O)N3)cc2)cc1C. The van der Waals surface area contributed by atoms with Crippen molar-refractivity contribution < 1.29 is 13.2 Å². The maximum Gasteiger partial charge on any atom is 0.255 e. The molecule has 4 rings (SSSR count). The average molecular weight is 407 g/mol. The van der Waals surface area contributed by atoms with Crippen LogP contribution in [0.1, 0.15) is 33.2 Å². The number of hydrogen-bond acceptors (Lipinski definition) is 4. The summed E-state index contributed by atoms with van der Waals surface area (Å²) in [5, 5.41) is 6.06. The fourth-order valence-corrected chi connectivity index (χ4v) is 4.53. The van der Waals surface area contributed by atoms with Crippen molar-refractivity contribution in [2.24, 2.45) is 0 Å². The molecule has 3 N–H and O–H groups in total. The molecule has 0 aliphatic carbocycles. The van der Waals surface area contributed by atoms with Gasteiger partial charge in [-0.3, -0.25) is 4.79 Å². The first kappa shape index (κ1) is 19.2. The lowest BCUT2D eigenvalue weighted by Crippen LogP contribution is -2.38. The highest BCUT2D eigenvalue weighted by atomic mass is 32.2. The Morgan fingerprint density at radius 2 is 1.66 bits per heavy atom. The molecule has 0 fully saturated rings. The Bertz CT molecular complexity index is 1190. The van der Waals surface area contributed by atoms with Gasteiger partial charge >= 0.3 is 0 Å². The third-order valence-corrected chi connectivity index (χ3v) is 6.50. The van der Waals surface area contributed by atoms with Crippen LogP contribution in [0.5, 0.6) is 0 Å². The van der Waals surface area contributed by atoms with Crippen molar-refractivity contribution in [1.29, 1.82) is 0 Å². The molecule has 3 aromatic carbocycles. The van der Waals surface area contributed by atoms with E-state index >= 15 is 0 Å². The topological polar surface area (TPSA) is 87.3 Å². The van der Waals surface area contributed by atoms with Crippen molar-refractivity contribution in [3.63, 3.8) is 0 Å². The van der Waals surface area contributed by atoms with Crippen LogP contribution in [0.15, 0.2) is 71.6 Å². The largest absolute Gasteiger partial charge is 0.364 e. The van der Waals surface area contributed by atoms with Crippen LogP contribution in [-0.4, -0.2) is 14.3 Å². The second-order valence-electron chi connectivity index (χ2n) is 7.07. The molecule has 0 spiro atoms. The smallest absolute Gasteiger partial charge is 0.255 e. The van der Waals surface area contributed by atoms with Gasteiger partial charge in [-0.15, -0.1) is 0 Å². The fourth-order valence-electron chi connectivity index (χ4n) is 3.22. The lowest BCUT2D eigenvalue weighted by molar-refractivity contribution is 0.102. The Balaban J connectivity index is 1.52. The monoisotopic (exact) mass is 407 g/mol. The minimum absolute atomic E-state index is 0.220. The van der Waals surface area contributed by atoms with Crippen molar-refractivity contribution >= 4 is 27.3 Å². The zero-order valence-electron chi connectivity index (χ0n) is 16.1. The lowest BCUT2D eigenvalue weighted by Gasteiger charge is -2.28. The number of amides is 1. The molecule has 1 aliphatic heterocycles. The van der Waals surface area contributed by atoms with Crippen LogP contribution in [0.4, 0.5) is 11.4 Å². The number of hydrogen-bond donors (Lipinski definition) is 3. The molecule has 6 nitrogen and oxygen atoms in total. The number of anilines is 2. The van der Waals surface area contributed by atoms with E-state index in [1.54, 1.807) is 48.5 Å². The fraction of sp³-hybridized carbons (Fsp3) is 0.136. The van der Waals surface area contributed by atoms with Gasteiger partial charge in [0.15, 0.2) is 0 Å². The van der Waals surface area contributed by atoms with Crippen LogP contribution in [0, 0.1) is 13.8 Å². The second kappa shape index (κ2) is 7.35. The van der Waals surface area contributed by atoms with Crippen LogP contribution in [0.2, 0.25) is 0 Å². The summed E-state index contributed by atoms with van der Waals surface area (Å²) in [5.74, 6) is -0.220. The third-order valence-electron chi connectivity index (χ3n) is 5.02. The summed E-state index contributed by atoms with van der Waals surface area (Å²) in [6.07, 6.45) is -0.605. The van der Waals surface area contributed by atoms with Gasteiger partial charge < -0.3 is 10.6 Å². The normalized spacial score (nSPS) is 17.1. The average Bonchev–Trinajstić information content (AvgIpc) is 2.70. The molecule has 0 aromatic heterocycles. The molecule has 1 amide bonds. The van der Waals surface area contributed by atoms with Crippen LogP contribution in [0.25, 0.3) is 0 Å². The Hall–Kier alpha value is -3.16. The standard InChI is InChI=1S/C22H21N3O3S/c1-14-7-12-18(13-15(14)2)23-22(26)17-10-8-16(9-11-17)21-24-19-5-3-4-6-20(19)29(27,28)25-21/h3-13,21,24-25H,1-2H3,(H,23,26)/t21-/m1/s1. The predicted octanol–water partition coefficient (Wildman–Crippen LogP) is 3.96. The minimum atomic E-state index is -3.61. The molecule has 7 heteroatoms. The highest BCUT2D eigenvalue weighted by Crippen LogP contribution is 2.30. The molecule has 1 heterocycles. The van der Waals surface area contributed by atoms with Crippen LogP contribution >= 0.6 is 0 Å². The summed E-state index contributed by atoms with van der Waals surface area (Å²) in [4.78, 5) is 12.7. The molecule has 0 saturated carbocycles. The van der Waals surface area contributed by atoms with Gasteiger partial charge in [-0.1, -0.05) is 30.3 Å². The zero-order chi connectivity index (χ0) is 20.6. The Morgan fingerprint density at radius 3 is 2.38 bits per heavy atom. The van der Waals surface area contributed by atoms with Crippen molar-refractivity contribution in [3.8, 4) is 0 Å². The van der Waals surface area contributed by atoms with Crippen molar-refractivity contribution in [2.45, 2.75) is 24.9 Å². The first-order valence-electron chi connectivity index (χ1n) is 9.20. The molecule has 29 heavy (non-hydrogen) atoms. The van der Waals surface area contributed by atoms with Crippen LogP contribution in [0.3, 0.4) is 0 Å². The van der Waals surface area contributed by atoms with Gasteiger partial charge in [0, 0.05) is 11.3 Å². The number of rotatable bonds is 3. The van der Waals surface area contributed by atoms with Crippen molar-refractivity contribution in [2.75, 3.05) is 10.6 Å². The highest BCUT2D eigenvalue weighted by molar-refractivity contribution is 7.89. The second-order valence-corrected chi connectivity index (χ2v) is 8.75. The third kappa shape index (κ3) is 3.87. The molecule has 1 atom stereocenters. The van der Waals surface area contributed by atoms with E-state index < -0.39 is 16.2 Å². The predicted molar refractivity (Wildman–Crippen MR) is 113 cm³/mol. The van der Waals surface area contributed by atoms with Gasteiger partial charge in [0.25, 0.3) is 5.91 Å². The first-order chi connectivity index (χ1) is 13.8. The highest BCUT2D eigenvalue weighted by Gasteiger charge is 2.29. The van der Waals surface area contributed by atoms with E-state index in [0.717, 1.165) is 16.8 Å². The van der Waals surface area contributed by atoms with Gasteiger partial charge in [0.1, 0.15) is 11.1 Å². The summed E-state index contributed by atoms with van der Waals surface area (Å²) < 4.78 is 27.6. The minimum Gasteiger partial charge on any atom is -0.364 e. The Kier molecular flexibility index (Phi) is 4.86. The summed E-state index contributed by atoms with van der Waals surface area (Å²) >= 11 is 0. The molecule has 0 bridgehead atoms. The van der Waals surface area contributed by atoms with E-state index in [0.29, 0.717) is 16.8 Å². The summed E-state index contributed by atoms with van der Waals surface area (Å²) in [6.45, 7) is 4.02. The van der Waals surface area contributed by atoms with Gasteiger partial charge in [-0.25, -0.2) is 8.42 Å². The lowest BCUT2D eigenvalue weighted by atomic mass is 10.1. The summed E-state index contributed by atoms with van der Waals surface area (Å²) in [7, 11) is -3.61. The number of carbonyl (C=O) groups excluding carboxylic acids is 1. The molecule has 0 saturated heterocycles. The first-order valence-corrected chi connectivity index (χ1v) is 10.7. The number of aryl methyl sites for hydroxylation is 2. The van der Waals surface area contributed by atoms with E-state index in [-0.39, 0.29) is 10.8 Å². The number of sulfonamides is 1. The van der Waals surface area contributed by atoms with E-state index in [1.165, 1.54) is 0 Å². The number of carbonyl (C=O) groups is 1. The van der Waals surface area contributed by atoms with E-state index in [1.807, 2.05) is 32.0 Å². The molecule has 1 aliphatic rings.